The van der Waals surface area contributed by atoms with E-state index in [0.717, 1.165) is 38.0 Å². The van der Waals surface area contributed by atoms with Gasteiger partial charge in [-0.2, -0.15) is 0 Å². The molecule has 1 aliphatic rings. The monoisotopic (exact) mass is 201 g/mol. The van der Waals surface area contributed by atoms with E-state index < -0.39 is 0 Å². The molecule has 0 aliphatic heterocycles. The molecule has 1 fully saturated rings. The molecule has 2 unspecified atom stereocenters. The molecule has 0 radical (unpaired) electrons. The molecule has 14 heavy (non-hydrogen) atoms. The number of ether oxygens (including phenoxy) is 2. The van der Waals surface area contributed by atoms with Gasteiger partial charge in [0.05, 0.1) is 13.2 Å². The van der Waals surface area contributed by atoms with Crippen molar-refractivity contribution in [3.8, 4) is 0 Å². The van der Waals surface area contributed by atoms with E-state index in [0.29, 0.717) is 6.61 Å². The Hall–Kier alpha value is -0.120. The number of methoxy groups -OCH3 is 1. The number of nitrogens with one attached hydrogen (secondary N) is 1. The SMILES string of the molecule is COCCOCCCNCC1CC1C. The summed E-state index contributed by atoms with van der Waals surface area (Å²) in [5.41, 5.74) is 0. The highest BCUT2D eigenvalue weighted by Crippen LogP contribution is 2.36. The van der Waals surface area contributed by atoms with Crippen LogP contribution < -0.4 is 5.32 Å². The minimum absolute atomic E-state index is 0.701. The Kier molecular flexibility index (Phi) is 6.15. The third-order valence-corrected chi connectivity index (χ3v) is 2.76. The summed E-state index contributed by atoms with van der Waals surface area (Å²) in [6, 6.07) is 0. The van der Waals surface area contributed by atoms with Gasteiger partial charge in [-0.1, -0.05) is 6.92 Å². The Balaban J connectivity index is 1.68. The second-order valence-electron chi connectivity index (χ2n) is 4.14. The zero-order chi connectivity index (χ0) is 10.2. The van der Waals surface area contributed by atoms with Crippen molar-refractivity contribution in [3.63, 3.8) is 0 Å². The molecule has 3 heteroatoms. The van der Waals surface area contributed by atoms with Gasteiger partial charge in [0, 0.05) is 13.7 Å². The molecule has 0 bridgehead atoms. The van der Waals surface area contributed by atoms with Crippen LogP contribution >= 0.6 is 0 Å². The lowest BCUT2D eigenvalue weighted by atomic mass is 10.3. The number of rotatable bonds is 9. The maximum absolute atomic E-state index is 5.35. The molecule has 84 valence electrons. The zero-order valence-electron chi connectivity index (χ0n) is 9.42. The predicted octanol–water partition coefficient (Wildman–Crippen LogP) is 1.29. The van der Waals surface area contributed by atoms with Crippen LogP contribution in [-0.2, 0) is 9.47 Å². The fraction of sp³-hybridized carbons (Fsp3) is 1.00. The topological polar surface area (TPSA) is 30.5 Å². The Labute approximate surface area is 87.2 Å². The highest BCUT2D eigenvalue weighted by Gasteiger charge is 2.31. The van der Waals surface area contributed by atoms with Crippen molar-refractivity contribution in [2.24, 2.45) is 11.8 Å². The summed E-state index contributed by atoms with van der Waals surface area (Å²) in [4.78, 5) is 0. The molecule has 3 nitrogen and oxygen atoms in total. The third-order valence-electron chi connectivity index (χ3n) is 2.76. The molecular weight excluding hydrogens is 178 g/mol. The number of hydrogen-bond acceptors (Lipinski definition) is 3. The van der Waals surface area contributed by atoms with E-state index in [9.17, 15) is 0 Å². The quantitative estimate of drug-likeness (QED) is 0.570. The molecule has 0 aromatic rings. The number of hydrogen-bond donors (Lipinski definition) is 1. The van der Waals surface area contributed by atoms with Gasteiger partial charge in [0.1, 0.15) is 0 Å². The van der Waals surface area contributed by atoms with Crippen molar-refractivity contribution in [2.75, 3.05) is 40.0 Å². The van der Waals surface area contributed by atoms with Crippen LogP contribution in [0.4, 0.5) is 0 Å². The van der Waals surface area contributed by atoms with Crippen LogP contribution in [0.25, 0.3) is 0 Å². The lowest BCUT2D eigenvalue weighted by Crippen LogP contribution is -2.20. The summed E-state index contributed by atoms with van der Waals surface area (Å²) in [5.74, 6) is 1.91. The highest BCUT2D eigenvalue weighted by atomic mass is 16.5. The Morgan fingerprint density at radius 3 is 2.71 bits per heavy atom. The lowest BCUT2D eigenvalue weighted by Gasteiger charge is -2.04. The first-order valence-corrected chi connectivity index (χ1v) is 5.62. The fourth-order valence-electron chi connectivity index (χ4n) is 1.51. The van der Waals surface area contributed by atoms with Crippen molar-refractivity contribution >= 4 is 0 Å². The molecule has 1 N–H and O–H groups in total. The van der Waals surface area contributed by atoms with Gasteiger partial charge in [0.2, 0.25) is 0 Å². The first-order chi connectivity index (χ1) is 6.84. The van der Waals surface area contributed by atoms with Crippen LogP contribution in [0.3, 0.4) is 0 Å². The largest absolute Gasteiger partial charge is 0.382 e. The van der Waals surface area contributed by atoms with Gasteiger partial charge in [-0.15, -0.1) is 0 Å². The van der Waals surface area contributed by atoms with Crippen molar-refractivity contribution in [1.29, 1.82) is 0 Å². The first-order valence-electron chi connectivity index (χ1n) is 5.62. The third kappa shape index (κ3) is 5.58. The van der Waals surface area contributed by atoms with E-state index in [1.54, 1.807) is 7.11 Å². The Bertz CT molecular complexity index is 141. The Morgan fingerprint density at radius 2 is 2.07 bits per heavy atom. The minimum atomic E-state index is 0.701. The van der Waals surface area contributed by atoms with Crippen molar-refractivity contribution in [1.82, 2.24) is 5.32 Å². The van der Waals surface area contributed by atoms with Gasteiger partial charge >= 0.3 is 0 Å². The van der Waals surface area contributed by atoms with E-state index >= 15 is 0 Å². The van der Waals surface area contributed by atoms with Gasteiger partial charge in [-0.25, -0.2) is 0 Å². The molecule has 0 spiro atoms. The van der Waals surface area contributed by atoms with E-state index in [4.69, 9.17) is 9.47 Å². The van der Waals surface area contributed by atoms with Crippen LogP contribution in [0.15, 0.2) is 0 Å². The van der Waals surface area contributed by atoms with Crippen LogP contribution in [-0.4, -0.2) is 40.0 Å². The van der Waals surface area contributed by atoms with E-state index in [2.05, 4.69) is 12.2 Å². The lowest BCUT2D eigenvalue weighted by molar-refractivity contribution is 0.0695. The van der Waals surface area contributed by atoms with Gasteiger partial charge in [-0.05, 0) is 37.8 Å². The van der Waals surface area contributed by atoms with Crippen LogP contribution in [0, 0.1) is 11.8 Å². The second kappa shape index (κ2) is 7.21. The average Bonchev–Trinajstić information content (AvgIpc) is 2.87. The summed E-state index contributed by atoms with van der Waals surface area (Å²) in [7, 11) is 1.70. The van der Waals surface area contributed by atoms with E-state index in [1.807, 2.05) is 0 Å². The average molecular weight is 201 g/mol. The van der Waals surface area contributed by atoms with Crippen molar-refractivity contribution in [3.05, 3.63) is 0 Å². The molecular formula is C11H23NO2. The predicted molar refractivity (Wildman–Crippen MR) is 57.5 cm³/mol. The Morgan fingerprint density at radius 1 is 1.29 bits per heavy atom. The summed E-state index contributed by atoms with van der Waals surface area (Å²) < 4.78 is 10.2. The molecule has 1 aliphatic carbocycles. The van der Waals surface area contributed by atoms with E-state index in [1.165, 1.54) is 13.0 Å². The maximum atomic E-state index is 5.35. The summed E-state index contributed by atoms with van der Waals surface area (Å²) in [5, 5.41) is 3.46. The standard InChI is InChI=1S/C11H23NO2/c1-10-8-11(10)9-12-4-3-5-14-7-6-13-2/h10-12H,3-9H2,1-2H3. The molecule has 0 aromatic heterocycles. The minimum Gasteiger partial charge on any atom is -0.382 e. The summed E-state index contributed by atoms with van der Waals surface area (Å²) in [6.07, 6.45) is 2.52. The molecule has 1 saturated carbocycles. The van der Waals surface area contributed by atoms with Crippen LogP contribution in [0.1, 0.15) is 19.8 Å². The summed E-state index contributed by atoms with van der Waals surface area (Å²) in [6.45, 7) is 6.86. The van der Waals surface area contributed by atoms with Crippen LogP contribution in [0.2, 0.25) is 0 Å². The zero-order valence-corrected chi connectivity index (χ0v) is 9.42. The summed E-state index contributed by atoms with van der Waals surface area (Å²) >= 11 is 0. The van der Waals surface area contributed by atoms with Crippen molar-refractivity contribution < 1.29 is 9.47 Å². The van der Waals surface area contributed by atoms with Gasteiger partial charge in [0.25, 0.3) is 0 Å². The molecule has 2 atom stereocenters. The molecule has 0 heterocycles. The molecule has 0 aromatic carbocycles. The highest BCUT2D eigenvalue weighted by molar-refractivity contribution is 4.83. The fourth-order valence-corrected chi connectivity index (χ4v) is 1.51. The maximum Gasteiger partial charge on any atom is 0.0700 e. The van der Waals surface area contributed by atoms with Gasteiger partial charge in [-0.3, -0.25) is 0 Å². The van der Waals surface area contributed by atoms with Crippen LogP contribution in [0.5, 0.6) is 0 Å². The normalized spacial score (nSPS) is 25.3. The van der Waals surface area contributed by atoms with Gasteiger partial charge < -0.3 is 14.8 Å². The smallest absolute Gasteiger partial charge is 0.0700 e. The molecule has 0 amide bonds. The van der Waals surface area contributed by atoms with Crippen molar-refractivity contribution in [2.45, 2.75) is 19.8 Å². The molecule has 1 rings (SSSR count). The molecule has 0 saturated heterocycles. The van der Waals surface area contributed by atoms with E-state index in [-0.39, 0.29) is 0 Å². The first kappa shape index (κ1) is 12.0. The second-order valence-corrected chi connectivity index (χ2v) is 4.14. The van der Waals surface area contributed by atoms with Gasteiger partial charge in [0.15, 0.2) is 0 Å².